The second-order valence-electron chi connectivity index (χ2n) is 13.3. The van der Waals surface area contributed by atoms with E-state index >= 15 is 0 Å². The zero-order valence-electron chi connectivity index (χ0n) is 24.4. The maximum absolute atomic E-state index is 13.8. The molecule has 4 nitrogen and oxygen atoms in total. The van der Waals surface area contributed by atoms with E-state index in [9.17, 15) is 9.90 Å². The third kappa shape index (κ3) is 5.01. The van der Waals surface area contributed by atoms with Crippen LogP contribution in [0.25, 0.3) is 0 Å². The van der Waals surface area contributed by atoms with Crippen LogP contribution >= 0.6 is 0 Å². The highest BCUT2D eigenvalue weighted by atomic mass is 16.5. The van der Waals surface area contributed by atoms with Crippen LogP contribution in [0.1, 0.15) is 108 Å². The topological polar surface area (TPSA) is 55.8 Å². The van der Waals surface area contributed by atoms with Crippen LogP contribution in [0.5, 0.6) is 11.5 Å². The largest absolute Gasteiger partial charge is 0.507 e. The van der Waals surface area contributed by atoms with Gasteiger partial charge in [-0.1, -0.05) is 50.1 Å². The van der Waals surface area contributed by atoms with E-state index in [1.54, 1.807) is 0 Å². The van der Waals surface area contributed by atoms with E-state index < -0.39 is 11.6 Å². The van der Waals surface area contributed by atoms with Crippen molar-refractivity contribution in [3.05, 3.63) is 57.7 Å². The van der Waals surface area contributed by atoms with Crippen molar-refractivity contribution >= 4 is 5.97 Å². The quantitative estimate of drug-likeness (QED) is 0.240. The van der Waals surface area contributed by atoms with Crippen LogP contribution in [-0.4, -0.2) is 22.8 Å². The van der Waals surface area contributed by atoms with Crippen molar-refractivity contribution in [2.45, 2.75) is 113 Å². The summed E-state index contributed by atoms with van der Waals surface area (Å²) in [4.78, 5) is 13.8. The predicted octanol–water partition coefficient (Wildman–Crippen LogP) is 8.19. The van der Waals surface area contributed by atoms with Gasteiger partial charge in [0.25, 0.3) is 0 Å². The van der Waals surface area contributed by atoms with E-state index in [1.165, 1.54) is 17.6 Å². The van der Waals surface area contributed by atoms with Crippen LogP contribution in [-0.2, 0) is 17.6 Å². The van der Waals surface area contributed by atoms with E-state index in [-0.39, 0.29) is 22.7 Å². The maximum atomic E-state index is 13.8. The molecular formula is C33H46O4. The van der Waals surface area contributed by atoms with E-state index in [1.807, 2.05) is 13.0 Å². The van der Waals surface area contributed by atoms with Gasteiger partial charge in [-0.15, -0.1) is 0 Å². The number of fused-ring (bicyclic) bond motifs is 3. The second-order valence-corrected chi connectivity index (χ2v) is 13.3. The molecule has 2 aliphatic carbocycles. The summed E-state index contributed by atoms with van der Waals surface area (Å²) in [5, 5.41) is 11.5. The molecule has 3 aliphatic rings. The highest BCUT2D eigenvalue weighted by molar-refractivity contribution is 5.96. The lowest BCUT2D eigenvalue weighted by Gasteiger charge is -2.42. The Bertz CT molecular complexity index is 1170. The molecule has 4 atom stereocenters. The SMILES string of the molecule is CC(C)=C/C=C/C1(C)CCc2c(O)c(C(=O)OC3C4(C)CCC(C4)C3(C)C)c(C)c(CC=C(C)C)c2O1. The van der Waals surface area contributed by atoms with Gasteiger partial charge in [0.05, 0.1) is 0 Å². The van der Waals surface area contributed by atoms with Crippen molar-refractivity contribution in [2.24, 2.45) is 16.7 Å². The number of ether oxygens (including phenoxy) is 2. The summed E-state index contributed by atoms with van der Waals surface area (Å²) in [6, 6.07) is 0. The van der Waals surface area contributed by atoms with Gasteiger partial charge in [-0.05, 0) is 97.6 Å². The van der Waals surface area contributed by atoms with Crippen molar-refractivity contribution in [3.63, 3.8) is 0 Å². The third-order valence-electron chi connectivity index (χ3n) is 9.26. The smallest absolute Gasteiger partial charge is 0.342 e. The lowest BCUT2D eigenvalue weighted by Crippen LogP contribution is -2.43. The highest BCUT2D eigenvalue weighted by Crippen LogP contribution is 2.63. The van der Waals surface area contributed by atoms with Gasteiger partial charge < -0.3 is 14.6 Å². The molecule has 0 radical (unpaired) electrons. The highest BCUT2D eigenvalue weighted by Gasteiger charge is 2.61. The van der Waals surface area contributed by atoms with Crippen molar-refractivity contribution in [1.82, 2.24) is 0 Å². The fourth-order valence-electron chi connectivity index (χ4n) is 7.03. The van der Waals surface area contributed by atoms with Gasteiger partial charge in [0.1, 0.15) is 28.8 Å². The van der Waals surface area contributed by atoms with Gasteiger partial charge in [-0.3, -0.25) is 0 Å². The first-order valence-electron chi connectivity index (χ1n) is 13.9. The standard InChI is InChI=1S/C33H46O4/c1-20(2)11-10-16-33(9)18-15-25-27(34)26(22(5)24(28(25)37-33)13-12-21(3)4)29(35)36-30-31(6,7)23-14-17-32(30,8)19-23/h10-12,16,23,30,34H,13-15,17-19H2,1-9H3/b16-10+. The Balaban J connectivity index is 1.75. The Morgan fingerprint density at radius 1 is 1.11 bits per heavy atom. The van der Waals surface area contributed by atoms with Crippen molar-refractivity contribution in [1.29, 1.82) is 0 Å². The number of allylic oxidation sites excluding steroid dienone is 5. The molecule has 0 amide bonds. The first-order valence-corrected chi connectivity index (χ1v) is 13.9. The summed E-state index contributed by atoms with van der Waals surface area (Å²) in [6.45, 7) is 19.0. The Morgan fingerprint density at radius 3 is 2.41 bits per heavy atom. The minimum absolute atomic E-state index is 0.00893. The second kappa shape index (κ2) is 9.67. The number of carbonyl (C=O) groups excluding carboxylic acids is 1. The summed E-state index contributed by atoms with van der Waals surface area (Å²) < 4.78 is 13.0. The lowest BCUT2D eigenvalue weighted by molar-refractivity contribution is -0.0586. The molecule has 1 aromatic carbocycles. The fraction of sp³-hybridized carbons (Fsp3) is 0.606. The molecule has 1 aliphatic heterocycles. The van der Waals surface area contributed by atoms with Crippen LogP contribution in [0.4, 0.5) is 0 Å². The molecular weight excluding hydrogens is 460 g/mol. The van der Waals surface area contributed by atoms with Gasteiger partial charge in [-0.2, -0.15) is 0 Å². The molecule has 0 aromatic heterocycles. The molecule has 0 spiro atoms. The molecule has 4 unspecified atom stereocenters. The van der Waals surface area contributed by atoms with Gasteiger partial charge in [0.2, 0.25) is 0 Å². The average Bonchev–Trinajstić information content (AvgIpc) is 3.27. The number of phenols is 1. The molecule has 1 heterocycles. The van der Waals surface area contributed by atoms with Crippen molar-refractivity contribution in [3.8, 4) is 11.5 Å². The Labute approximate surface area is 223 Å². The summed E-state index contributed by atoms with van der Waals surface area (Å²) in [5.41, 5.74) is 4.63. The molecule has 37 heavy (non-hydrogen) atoms. The van der Waals surface area contributed by atoms with E-state index in [4.69, 9.17) is 9.47 Å². The molecule has 4 heteroatoms. The normalized spacial score (nSPS) is 29.5. The maximum Gasteiger partial charge on any atom is 0.342 e. The van der Waals surface area contributed by atoms with Crippen LogP contribution in [0.3, 0.4) is 0 Å². The first-order chi connectivity index (χ1) is 17.2. The van der Waals surface area contributed by atoms with Crippen LogP contribution in [0.2, 0.25) is 0 Å². The van der Waals surface area contributed by atoms with Crippen LogP contribution in [0, 0.1) is 23.7 Å². The zero-order chi connectivity index (χ0) is 27.3. The van der Waals surface area contributed by atoms with Crippen LogP contribution in [0.15, 0.2) is 35.5 Å². The van der Waals surface area contributed by atoms with Crippen LogP contribution < -0.4 is 4.74 Å². The number of hydrogen-bond donors (Lipinski definition) is 1. The number of carbonyl (C=O) groups is 1. The molecule has 1 N–H and O–H groups in total. The lowest BCUT2D eigenvalue weighted by atomic mass is 9.70. The number of hydrogen-bond acceptors (Lipinski definition) is 4. The molecule has 2 bridgehead atoms. The predicted molar refractivity (Wildman–Crippen MR) is 150 cm³/mol. The molecule has 4 rings (SSSR count). The number of esters is 1. The molecule has 2 saturated carbocycles. The van der Waals surface area contributed by atoms with E-state index in [0.29, 0.717) is 30.1 Å². The Morgan fingerprint density at radius 2 is 1.81 bits per heavy atom. The number of aromatic hydroxyl groups is 1. The Hall–Kier alpha value is -2.49. The van der Waals surface area contributed by atoms with Gasteiger partial charge in [-0.25, -0.2) is 4.79 Å². The van der Waals surface area contributed by atoms with Gasteiger partial charge >= 0.3 is 5.97 Å². The molecule has 202 valence electrons. The minimum atomic E-state index is -0.485. The fourth-order valence-corrected chi connectivity index (χ4v) is 7.03. The molecule has 2 fully saturated rings. The summed E-state index contributed by atoms with van der Waals surface area (Å²) in [6.07, 6.45) is 13.6. The average molecular weight is 507 g/mol. The number of rotatable bonds is 6. The van der Waals surface area contributed by atoms with Crippen molar-refractivity contribution < 1.29 is 19.4 Å². The zero-order valence-corrected chi connectivity index (χ0v) is 24.4. The Kier molecular flexibility index (Phi) is 7.20. The number of phenolic OH excluding ortho intramolecular Hbond substituents is 1. The van der Waals surface area contributed by atoms with Crippen molar-refractivity contribution in [2.75, 3.05) is 0 Å². The van der Waals surface area contributed by atoms with Gasteiger partial charge in [0, 0.05) is 22.0 Å². The van der Waals surface area contributed by atoms with E-state index in [2.05, 4.69) is 73.6 Å². The first kappa shape index (κ1) is 27.5. The molecule has 0 saturated heterocycles. The summed E-state index contributed by atoms with van der Waals surface area (Å²) in [5.74, 6) is 0.916. The number of benzene rings is 1. The monoisotopic (exact) mass is 506 g/mol. The third-order valence-corrected chi connectivity index (χ3v) is 9.26. The van der Waals surface area contributed by atoms with Gasteiger partial charge in [0.15, 0.2) is 0 Å². The van der Waals surface area contributed by atoms with E-state index in [0.717, 1.165) is 36.0 Å². The summed E-state index contributed by atoms with van der Waals surface area (Å²) in [7, 11) is 0. The molecule has 1 aromatic rings. The minimum Gasteiger partial charge on any atom is -0.507 e. The summed E-state index contributed by atoms with van der Waals surface area (Å²) >= 11 is 0.